The summed E-state index contributed by atoms with van der Waals surface area (Å²) >= 11 is 13.8. The lowest BCUT2D eigenvalue weighted by atomic mass is 10.1. The number of benzene rings is 1. The third kappa shape index (κ3) is 4.74. The van der Waals surface area contributed by atoms with Crippen LogP contribution >= 0.6 is 34.7 Å². The van der Waals surface area contributed by atoms with E-state index in [-0.39, 0.29) is 11.1 Å². The molecule has 174 valence electrons. The Balaban J connectivity index is 1.48. The van der Waals surface area contributed by atoms with E-state index in [1.807, 2.05) is 11.4 Å². The van der Waals surface area contributed by atoms with Crippen molar-refractivity contribution in [1.82, 2.24) is 14.3 Å². The molecule has 2 aromatic heterocycles. The van der Waals surface area contributed by atoms with Gasteiger partial charge < -0.3 is 14.7 Å². The van der Waals surface area contributed by atoms with E-state index in [1.165, 1.54) is 24.0 Å². The maximum atomic E-state index is 13.8. The molecule has 0 unspecified atom stereocenters. The smallest absolute Gasteiger partial charge is 0.227 e. The molecule has 0 amide bonds. The van der Waals surface area contributed by atoms with Gasteiger partial charge in [0.25, 0.3) is 0 Å². The van der Waals surface area contributed by atoms with Crippen molar-refractivity contribution in [3.05, 3.63) is 45.5 Å². The Bertz CT molecular complexity index is 1140. The second-order valence-electron chi connectivity index (χ2n) is 8.56. The molecule has 0 radical (unpaired) electrons. The molecular formula is C23H25Cl2FN6S. The number of hydrogen-bond acceptors (Lipinski definition) is 7. The standard InChI is InChI=1S/C23H25Cl2FN6S/c1-15-13-31(22-18(25)14-33-29-22)9-10-32(15)21-12-20(16-5-6-19(26)17(24)11-16)27-23(28-21)30-7-3-2-4-8-30/h5-6,11-12,14-15H,2-4,7-10,13H2,1H3/t15-/m0/s1. The van der Waals surface area contributed by atoms with Gasteiger partial charge in [0.1, 0.15) is 11.6 Å². The molecule has 0 saturated carbocycles. The maximum Gasteiger partial charge on any atom is 0.227 e. The highest BCUT2D eigenvalue weighted by atomic mass is 35.5. The van der Waals surface area contributed by atoms with Crippen LogP contribution in [-0.2, 0) is 0 Å². The van der Waals surface area contributed by atoms with Crippen molar-refractivity contribution in [2.45, 2.75) is 32.2 Å². The molecule has 1 aromatic carbocycles. The fourth-order valence-corrected chi connectivity index (χ4v) is 5.60. The van der Waals surface area contributed by atoms with Gasteiger partial charge in [-0.3, -0.25) is 0 Å². The second-order valence-corrected chi connectivity index (χ2v) is 10.0. The van der Waals surface area contributed by atoms with Crippen LogP contribution in [0.1, 0.15) is 26.2 Å². The van der Waals surface area contributed by atoms with E-state index < -0.39 is 5.82 Å². The number of aromatic nitrogens is 3. The highest BCUT2D eigenvalue weighted by Crippen LogP contribution is 2.32. The average molecular weight is 507 g/mol. The summed E-state index contributed by atoms with van der Waals surface area (Å²) in [6, 6.07) is 6.93. The molecule has 1 atom stereocenters. The van der Waals surface area contributed by atoms with Crippen LogP contribution in [0.2, 0.25) is 10.0 Å². The van der Waals surface area contributed by atoms with Gasteiger partial charge in [0.15, 0.2) is 5.82 Å². The molecule has 2 aliphatic heterocycles. The van der Waals surface area contributed by atoms with Crippen LogP contribution < -0.4 is 14.7 Å². The first-order chi connectivity index (χ1) is 16.0. The Labute approximate surface area is 207 Å². The minimum atomic E-state index is -0.434. The van der Waals surface area contributed by atoms with E-state index >= 15 is 0 Å². The fourth-order valence-electron chi connectivity index (χ4n) is 4.53. The number of nitrogens with zero attached hydrogens (tertiary/aromatic N) is 6. The SMILES string of the molecule is C[C@H]1CN(c2nscc2Cl)CCN1c1cc(-c2ccc(F)c(Cl)c2)nc(N2CCCCC2)n1. The topological polar surface area (TPSA) is 48.4 Å². The third-order valence-electron chi connectivity index (χ3n) is 6.29. The Morgan fingerprint density at radius 2 is 1.79 bits per heavy atom. The molecule has 5 rings (SSSR count). The number of piperazine rings is 1. The predicted molar refractivity (Wildman–Crippen MR) is 135 cm³/mol. The summed E-state index contributed by atoms with van der Waals surface area (Å²) in [5.41, 5.74) is 1.53. The summed E-state index contributed by atoms with van der Waals surface area (Å²) in [7, 11) is 0. The molecule has 2 aliphatic rings. The van der Waals surface area contributed by atoms with Crippen molar-refractivity contribution < 1.29 is 4.39 Å². The van der Waals surface area contributed by atoms with Crippen molar-refractivity contribution >= 4 is 52.3 Å². The van der Waals surface area contributed by atoms with E-state index in [9.17, 15) is 4.39 Å². The van der Waals surface area contributed by atoms with Crippen molar-refractivity contribution in [2.24, 2.45) is 0 Å². The van der Waals surface area contributed by atoms with E-state index in [4.69, 9.17) is 33.2 Å². The zero-order valence-electron chi connectivity index (χ0n) is 18.3. The third-order valence-corrected chi connectivity index (χ3v) is 7.60. The fraction of sp³-hybridized carbons (Fsp3) is 0.435. The van der Waals surface area contributed by atoms with Crippen LogP contribution in [0.15, 0.2) is 29.6 Å². The Hall–Kier alpha value is -2.16. The van der Waals surface area contributed by atoms with E-state index in [1.54, 1.807) is 12.1 Å². The molecule has 0 spiro atoms. The monoisotopic (exact) mass is 506 g/mol. The van der Waals surface area contributed by atoms with E-state index in [0.717, 1.165) is 74.4 Å². The lowest BCUT2D eigenvalue weighted by molar-refractivity contribution is 0.540. The quantitative estimate of drug-likeness (QED) is 0.448. The van der Waals surface area contributed by atoms with Crippen molar-refractivity contribution in [3.63, 3.8) is 0 Å². The van der Waals surface area contributed by atoms with Crippen LogP contribution in [0, 0.1) is 5.82 Å². The lowest BCUT2D eigenvalue weighted by Gasteiger charge is -2.41. The maximum absolute atomic E-state index is 13.8. The van der Waals surface area contributed by atoms with E-state index in [0.29, 0.717) is 5.02 Å². The summed E-state index contributed by atoms with van der Waals surface area (Å²) in [5, 5.41) is 2.66. The molecule has 0 aliphatic carbocycles. The zero-order valence-corrected chi connectivity index (χ0v) is 20.7. The first-order valence-electron chi connectivity index (χ1n) is 11.2. The van der Waals surface area contributed by atoms with Crippen LogP contribution in [0.25, 0.3) is 11.3 Å². The molecular weight excluding hydrogens is 482 g/mol. The van der Waals surface area contributed by atoms with E-state index in [2.05, 4.69) is 26.0 Å². The Morgan fingerprint density at radius 1 is 0.970 bits per heavy atom. The van der Waals surface area contributed by atoms with Crippen LogP contribution in [-0.4, -0.2) is 53.1 Å². The average Bonchev–Trinajstić information content (AvgIpc) is 3.27. The van der Waals surface area contributed by atoms with Gasteiger partial charge in [-0.2, -0.15) is 9.36 Å². The number of piperidine rings is 1. The summed E-state index contributed by atoms with van der Waals surface area (Å²) in [5.74, 6) is 2.01. The first-order valence-corrected chi connectivity index (χ1v) is 12.8. The van der Waals surface area contributed by atoms with Crippen LogP contribution in [0.3, 0.4) is 0 Å². The number of hydrogen-bond donors (Lipinski definition) is 0. The Morgan fingerprint density at radius 3 is 2.48 bits per heavy atom. The van der Waals surface area contributed by atoms with Gasteiger partial charge in [-0.15, -0.1) is 0 Å². The summed E-state index contributed by atoms with van der Waals surface area (Å²) < 4.78 is 18.2. The number of rotatable bonds is 4. The van der Waals surface area contributed by atoms with Gasteiger partial charge in [0, 0.05) is 55.8 Å². The number of anilines is 3. The predicted octanol–water partition coefficient (Wildman–Crippen LogP) is 5.75. The molecule has 10 heteroatoms. The van der Waals surface area contributed by atoms with Gasteiger partial charge in [-0.05, 0) is 55.9 Å². The molecule has 3 aromatic rings. The van der Waals surface area contributed by atoms with Crippen molar-refractivity contribution in [3.8, 4) is 11.3 Å². The van der Waals surface area contributed by atoms with Gasteiger partial charge in [-0.1, -0.05) is 23.2 Å². The van der Waals surface area contributed by atoms with Gasteiger partial charge in [0.05, 0.1) is 15.7 Å². The summed E-state index contributed by atoms with van der Waals surface area (Å²) in [6.45, 7) is 6.45. The zero-order chi connectivity index (χ0) is 22.9. The molecule has 0 bridgehead atoms. The molecule has 33 heavy (non-hydrogen) atoms. The molecule has 0 N–H and O–H groups in total. The van der Waals surface area contributed by atoms with Crippen molar-refractivity contribution in [2.75, 3.05) is 47.4 Å². The molecule has 4 heterocycles. The highest BCUT2D eigenvalue weighted by Gasteiger charge is 2.28. The van der Waals surface area contributed by atoms with Crippen molar-refractivity contribution in [1.29, 1.82) is 0 Å². The molecule has 2 saturated heterocycles. The minimum Gasteiger partial charge on any atom is -0.351 e. The number of halogens is 3. The normalized spacial score (nSPS) is 19.3. The minimum absolute atomic E-state index is 0.0920. The molecule has 2 fully saturated rings. The van der Waals surface area contributed by atoms with Crippen LogP contribution in [0.4, 0.5) is 22.0 Å². The van der Waals surface area contributed by atoms with Gasteiger partial charge >= 0.3 is 0 Å². The largest absolute Gasteiger partial charge is 0.351 e. The molecule has 6 nitrogen and oxygen atoms in total. The summed E-state index contributed by atoms with van der Waals surface area (Å²) in [6.07, 6.45) is 3.50. The second kappa shape index (κ2) is 9.60. The summed E-state index contributed by atoms with van der Waals surface area (Å²) in [4.78, 5) is 16.6. The highest BCUT2D eigenvalue weighted by molar-refractivity contribution is 7.04. The first kappa shape index (κ1) is 22.6. The van der Waals surface area contributed by atoms with Gasteiger partial charge in [0.2, 0.25) is 5.95 Å². The lowest BCUT2D eigenvalue weighted by Crippen LogP contribution is -2.52. The van der Waals surface area contributed by atoms with Crippen LogP contribution in [0.5, 0.6) is 0 Å². The Kier molecular flexibility index (Phi) is 6.58. The van der Waals surface area contributed by atoms with Gasteiger partial charge in [-0.25, -0.2) is 9.37 Å².